The number of amides is 2. The van der Waals surface area contributed by atoms with Crippen LogP contribution in [-0.4, -0.2) is 53.4 Å². The quantitative estimate of drug-likeness (QED) is 0.461. The van der Waals surface area contributed by atoms with E-state index in [9.17, 15) is 19.2 Å². The van der Waals surface area contributed by atoms with E-state index in [0.29, 0.717) is 32.0 Å². The highest BCUT2D eigenvalue weighted by Crippen LogP contribution is 2.37. The number of ether oxygens (including phenoxy) is 2. The number of aliphatic carboxylic acids is 1. The van der Waals surface area contributed by atoms with Crippen LogP contribution in [0.25, 0.3) is 6.08 Å². The minimum absolute atomic E-state index is 0.150. The van der Waals surface area contributed by atoms with Crippen LogP contribution < -0.4 is 4.74 Å². The fourth-order valence-corrected chi connectivity index (χ4v) is 4.21. The van der Waals surface area contributed by atoms with E-state index in [4.69, 9.17) is 9.84 Å². The molecule has 0 aliphatic carbocycles. The third-order valence-electron chi connectivity index (χ3n) is 3.05. The molecule has 26 heavy (non-hydrogen) atoms. The highest BCUT2D eigenvalue weighted by Gasteiger charge is 2.36. The smallest absolute Gasteiger partial charge is 0.341 e. The maximum Gasteiger partial charge on any atom is 0.341 e. The van der Waals surface area contributed by atoms with Crippen molar-refractivity contribution in [2.45, 2.75) is 0 Å². The van der Waals surface area contributed by atoms with E-state index in [1.165, 1.54) is 13.2 Å². The van der Waals surface area contributed by atoms with Crippen molar-refractivity contribution in [2.24, 2.45) is 0 Å². The Morgan fingerprint density at radius 2 is 1.88 bits per heavy atom. The van der Waals surface area contributed by atoms with Gasteiger partial charge in [-0.1, -0.05) is 0 Å². The predicted molar refractivity (Wildman–Crippen MR) is 99.7 cm³/mol. The van der Waals surface area contributed by atoms with E-state index < -0.39 is 36.2 Å². The molecule has 1 aromatic rings. The molecule has 0 unspecified atom stereocenters. The Kier molecular flexibility index (Phi) is 6.84. The molecule has 1 aromatic carbocycles. The molecule has 1 aliphatic heterocycles. The number of carboxylic acids is 1. The lowest BCUT2D eigenvalue weighted by Crippen LogP contribution is -2.34. The summed E-state index contributed by atoms with van der Waals surface area (Å²) < 4.78 is 10.6. The van der Waals surface area contributed by atoms with Crippen LogP contribution in [0.1, 0.15) is 5.56 Å². The number of esters is 1. The SMILES string of the molecule is COC(=O)CN1C(=O)S/C(=C\c2cc(Br)c(OCC(=O)O)c(Br)c2)C1=O. The third kappa shape index (κ3) is 4.86. The van der Waals surface area contributed by atoms with Crippen LogP contribution in [0.5, 0.6) is 5.75 Å². The summed E-state index contributed by atoms with van der Waals surface area (Å²) >= 11 is 7.25. The van der Waals surface area contributed by atoms with Crippen molar-refractivity contribution in [1.82, 2.24) is 4.90 Å². The molecule has 8 nitrogen and oxygen atoms in total. The molecule has 1 saturated heterocycles. The van der Waals surface area contributed by atoms with Crippen molar-refractivity contribution in [3.8, 4) is 5.75 Å². The lowest BCUT2D eigenvalue weighted by Gasteiger charge is -2.10. The summed E-state index contributed by atoms with van der Waals surface area (Å²) in [6.45, 7) is -0.961. The maximum absolute atomic E-state index is 12.3. The molecule has 2 rings (SSSR count). The number of carbonyl (C=O) groups is 4. The summed E-state index contributed by atoms with van der Waals surface area (Å²) in [5, 5.41) is 8.12. The minimum Gasteiger partial charge on any atom is -0.480 e. The van der Waals surface area contributed by atoms with Gasteiger partial charge in [-0.3, -0.25) is 19.3 Å². The molecule has 1 fully saturated rings. The molecule has 0 spiro atoms. The molecule has 11 heteroatoms. The van der Waals surface area contributed by atoms with Crippen LogP contribution in [0.3, 0.4) is 0 Å². The van der Waals surface area contributed by atoms with Gasteiger partial charge < -0.3 is 14.6 Å². The van der Waals surface area contributed by atoms with Gasteiger partial charge in [-0.05, 0) is 67.4 Å². The van der Waals surface area contributed by atoms with Gasteiger partial charge in [0, 0.05) is 0 Å². The molecule has 1 heterocycles. The minimum atomic E-state index is -1.12. The number of carboxylic acid groups (broad SMARTS) is 1. The van der Waals surface area contributed by atoms with E-state index in [-0.39, 0.29) is 4.91 Å². The van der Waals surface area contributed by atoms with Crippen LogP contribution in [0.15, 0.2) is 26.0 Å². The monoisotopic (exact) mass is 507 g/mol. The molecule has 1 aliphatic rings. The molecular formula is C15H11Br2NO7S. The zero-order valence-electron chi connectivity index (χ0n) is 13.2. The lowest BCUT2D eigenvalue weighted by atomic mass is 10.2. The summed E-state index contributed by atoms with van der Waals surface area (Å²) in [7, 11) is 1.17. The number of halogens is 2. The summed E-state index contributed by atoms with van der Waals surface area (Å²) in [5.41, 5.74) is 0.565. The van der Waals surface area contributed by atoms with E-state index in [1.807, 2.05) is 0 Å². The van der Waals surface area contributed by atoms with Gasteiger partial charge >= 0.3 is 11.9 Å². The lowest BCUT2D eigenvalue weighted by molar-refractivity contribution is -0.143. The number of nitrogens with zero attached hydrogens (tertiary/aromatic N) is 1. The molecule has 138 valence electrons. The molecule has 2 amide bonds. The summed E-state index contributed by atoms with van der Waals surface area (Å²) in [5.74, 6) is -2.11. The molecule has 0 aromatic heterocycles. The van der Waals surface area contributed by atoms with Crippen LogP contribution in [0.4, 0.5) is 4.79 Å². The zero-order valence-corrected chi connectivity index (χ0v) is 17.1. The number of hydrogen-bond acceptors (Lipinski definition) is 7. The summed E-state index contributed by atoms with van der Waals surface area (Å²) in [6, 6.07) is 3.21. The summed E-state index contributed by atoms with van der Waals surface area (Å²) in [6.07, 6.45) is 1.48. The fourth-order valence-electron chi connectivity index (χ4n) is 1.92. The largest absolute Gasteiger partial charge is 0.480 e. The number of benzene rings is 1. The molecule has 0 atom stereocenters. The van der Waals surface area contributed by atoms with Crippen LogP contribution in [0.2, 0.25) is 0 Å². The molecule has 0 saturated carbocycles. The van der Waals surface area contributed by atoms with Gasteiger partial charge in [-0.2, -0.15) is 0 Å². The van der Waals surface area contributed by atoms with Crippen molar-refractivity contribution in [2.75, 3.05) is 20.3 Å². The Hall–Kier alpha value is -1.85. The van der Waals surface area contributed by atoms with Gasteiger partial charge in [0.2, 0.25) is 0 Å². The van der Waals surface area contributed by atoms with Gasteiger partial charge in [0.1, 0.15) is 12.3 Å². The van der Waals surface area contributed by atoms with E-state index in [2.05, 4.69) is 36.6 Å². The second kappa shape index (κ2) is 8.69. The maximum atomic E-state index is 12.3. The van der Waals surface area contributed by atoms with Gasteiger partial charge in [-0.25, -0.2) is 4.79 Å². The van der Waals surface area contributed by atoms with Crippen LogP contribution in [-0.2, 0) is 19.1 Å². The highest BCUT2D eigenvalue weighted by atomic mass is 79.9. The Morgan fingerprint density at radius 3 is 2.42 bits per heavy atom. The van der Waals surface area contributed by atoms with Gasteiger partial charge in [-0.15, -0.1) is 0 Å². The molecule has 0 radical (unpaired) electrons. The number of thioether (sulfide) groups is 1. The van der Waals surface area contributed by atoms with E-state index in [0.717, 1.165) is 4.90 Å². The Morgan fingerprint density at radius 1 is 1.27 bits per heavy atom. The van der Waals surface area contributed by atoms with Crippen molar-refractivity contribution in [3.63, 3.8) is 0 Å². The zero-order chi connectivity index (χ0) is 19.4. The number of carbonyl (C=O) groups excluding carboxylic acids is 3. The first kappa shape index (κ1) is 20.5. The molecular weight excluding hydrogens is 498 g/mol. The number of methoxy groups -OCH3 is 1. The molecule has 0 bridgehead atoms. The highest BCUT2D eigenvalue weighted by molar-refractivity contribution is 9.11. The van der Waals surface area contributed by atoms with E-state index >= 15 is 0 Å². The third-order valence-corrected chi connectivity index (χ3v) is 5.13. The average molecular weight is 509 g/mol. The summed E-state index contributed by atoms with van der Waals surface area (Å²) in [4.78, 5) is 47.0. The van der Waals surface area contributed by atoms with Gasteiger partial charge in [0.25, 0.3) is 11.1 Å². The van der Waals surface area contributed by atoms with Crippen LogP contribution >= 0.6 is 43.6 Å². The second-order valence-electron chi connectivity index (χ2n) is 4.84. The first-order chi connectivity index (χ1) is 12.2. The number of rotatable bonds is 6. The topological polar surface area (TPSA) is 110 Å². The van der Waals surface area contributed by atoms with Gasteiger partial charge in [0.05, 0.1) is 21.0 Å². The molecule has 1 N–H and O–H groups in total. The number of hydrogen-bond donors (Lipinski definition) is 1. The van der Waals surface area contributed by atoms with Gasteiger partial charge in [0.15, 0.2) is 6.61 Å². The van der Waals surface area contributed by atoms with Crippen molar-refractivity contribution in [1.29, 1.82) is 0 Å². The fraction of sp³-hybridized carbons (Fsp3) is 0.200. The van der Waals surface area contributed by atoms with Crippen molar-refractivity contribution < 1.29 is 33.8 Å². The number of imide groups is 1. The first-order valence-electron chi connectivity index (χ1n) is 6.88. The Bertz CT molecular complexity index is 801. The van der Waals surface area contributed by atoms with Crippen LogP contribution in [0, 0.1) is 0 Å². The predicted octanol–water partition coefficient (Wildman–Crippen LogP) is 2.88. The van der Waals surface area contributed by atoms with Crippen molar-refractivity contribution >= 4 is 72.8 Å². The standard InChI is InChI=1S/C15H11Br2NO7S/c1-24-12(21)5-18-14(22)10(26-15(18)23)4-7-2-8(16)13(9(17)3-7)25-6-11(19)20/h2-4H,5-6H2,1H3,(H,19,20)/b10-4-. The Balaban J connectivity index is 2.24. The Labute approximate surface area is 168 Å². The van der Waals surface area contributed by atoms with Crippen molar-refractivity contribution in [3.05, 3.63) is 31.5 Å². The first-order valence-corrected chi connectivity index (χ1v) is 9.29. The second-order valence-corrected chi connectivity index (χ2v) is 7.54. The average Bonchev–Trinajstić information content (AvgIpc) is 2.81. The van der Waals surface area contributed by atoms with E-state index in [1.54, 1.807) is 12.1 Å². The normalized spacial score (nSPS) is 15.5.